The van der Waals surface area contributed by atoms with Gasteiger partial charge in [-0.05, 0) is 44.0 Å². The molecule has 1 aromatic rings. The number of carbonyl (C=O) groups is 2. The minimum absolute atomic E-state index is 0.411. The highest BCUT2D eigenvalue weighted by Gasteiger charge is 2.17. The lowest BCUT2D eigenvalue weighted by Gasteiger charge is -2.30. The van der Waals surface area contributed by atoms with E-state index in [0.29, 0.717) is 30.6 Å². The quantitative estimate of drug-likeness (QED) is 0.510. The Bertz CT molecular complexity index is 550. The molecule has 1 aliphatic carbocycles. The second kappa shape index (κ2) is 11.9. The van der Waals surface area contributed by atoms with Crippen LogP contribution in [0.25, 0.3) is 0 Å². The second-order valence-corrected chi connectivity index (χ2v) is 7.39. The van der Waals surface area contributed by atoms with Gasteiger partial charge >= 0.3 is 6.03 Å². The fourth-order valence-corrected chi connectivity index (χ4v) is 3.51. The van der Waals surface area contributed by atoms with Gasteiger partial charge in [-0.1, -0.05) is 37.5 Å². The van der Waals surface area contributed by atoms with Gasteiger partial charge in [0.15, 0.2) is 0 Å². The van der Waals surface area contributed by atoms with E-state index in [4.69, 9.17) is 4.74 Å². The van der Waals surface area contributed by atoms with Gasteiger partial charge in [0, 0.05) is 23.9 Å². The predicted molar refractivity (Wildman–Crippen MR) is 105 cm³/mol. The number of imide groups is 1. The number of rotatable bonds is 9. The van der Waals surface area contributed by atoms with E-state index in [1.54, 1.807) is 24.3 Å². The molecule has 6 nitrogen and oxygen atoms in total. The van der Waals surface area contributed by atoms with Crippen molar-refractivity contribution in [3.63, 3.8) is 0 Å². The second-order valence-electron chi connectivity index (χ2n) is 6.48. The van der Waals surface area contributed by atoms with Gasteiger partial charge in [0.05, 0.1) is 13.2 Å². The van der Waals surface area contributed by atoms with Crippen molar-refractivity contribution in [1.29, 1.82) is 0 Å². The summed E-state index contributed by atoms with van der Waals surface area (Å²) in [5.41, 5.74) is 0.457. The molecule has 0 saturated heterocycles. The predicted octanol–water partition coefficient (Wildman–Crippen LogP) is 3.06. The van der Waals surface area contributed by atoms with Crippen molar-refractivity contribution >= 4 is 23.9 Å². The number of hydrogen-bond donors (Lipinski definition) is 2. The van der Waals surface area contributed by atoms with Crippen molar-refractivity contribution in [2.75, 3.05) is 32.6 Å². The van der Waals surface area contributed by atoms with Crippen LogP contribution in [0.2, 0.25) is 0 Å². The molecule has 1 saturated carbocycles. The number of nitrogens with zero attached hydrogens (tertiary/aromatic N) is 1. The molecule has 0 bridgehead atoms. The SMILES string of the molecule is CN(CCOCCSNC(=O)NC(=O)c1ccccc1)C1CCCCC1. The van der Waals surface area contributed by atoms with E-state index in [-0.39, 0.29) is 0 Å². The first-order chi connectivity index (χ1) is 12.7. The number of hydrogen-bond acceptors (Lipinski definition) is 5. The van der Waals surface area contributed by atoms with Gasteiger partial charge < -0.3 is 9.64 Å². The Hall–Kier alpha value is -1.57. The molecule has 1 fully saturated rings. The van der Waals surface area contributed by atoms with E-state index in [1.807, 2.05) is 6.07 Å². The number of likely N-dealkylation sites (N-methyl/N-ethyl adjacent to an activating group) is 1. The van der Waals surface area contributed by atoms with Crippen LogP contribution in [-0.2, 0) is 4.74 Å². The van der Waals surface area contributed by atoms with Gasteiger partial charge in [0.25, 0.3) is 5.91 Å². The topological polar surface area (TPSA) is 70.7 Å². The summed E-state index contributed by atoms with van der Waals surface area (Å²) in [5, 5.41) is 2.29. The molecular weight excluding hydrogens is 350 g/mol. The third kappa shape index (κ3) is 7.76. The number of carbonyl (C=O) groups excluding carboxylic acids is 2. The Balaban J connectivity index is 1.47. The highest BCUT2D eigenvalue weighted by atomic mass is 32.2. The Kier molecular flexibility index (Phi) is 9.52. The fraction of sp³-hybridized carbons (Fsp3) is 0.579. The molecule has 7 heteroatoms. The molecule has 0 radical (unpaired) electrons. The van der Waals surface area contributed by atoms with E-state index in [1.165, 1.54) is 44.1 Å². The number of amides is 3. The van der Waals surface area contributed by atoms with Crippen molar-refractivity contribution < 1.29 is 14.3 Å². The standard InChI is InChI=1S/C19H29N3O3S/c1-22(17-10-6-3-7-11-17)12-13-25-14-15-26-21-19(24)20-18(23)16-8-4-2-5-9-16/h2,4-5,8-9,17H,3,6-7,10-15H2,1H3,(H2,20,21,23,24). The maximum Gasteiger partial charge on any atom is 0.331 e. The van der Waals surface area contributed by atoms with Crippen LogP contribution in [0.3, 0.4) is 0 Å². The summed E-state index contributed by atoms with van der Waals surface area (Å²) in [6.07, 6.45) is 6.65. The molecule has 26 heavy (non-hydrogen) atoms. The molecule has 0 aliphatic heterocycles. The zero-order chi connectivity index (χ0) is 18.6. The van der Waals surface area contributed by atoms with Gasteiger partial charge in [-0.15, -0.1) is 0 Å². The average molecular weight is 380 g/mol. The van der Waals surface area contributed by atoms with Gasteiger partial charge in [-0.2, -0.15) is 0 Å². The molecule has 3 amide bonds. The minimum Gasteiger partial charge on any atom is -0.379 e. The van der Waals surface area contributed by atoms with E-state index in [0.717, 1.165) is 6.54 Å². The van der Waals surface area contributed by atoms with Crippen molar-refractivity contribution in [3.8, 4) is 0 Å². The lowest BCUT2D eigenvalue weighted by Crippen LogP contribution is -2.36. The largest absolute Gasteiger partial charge is 0.379 e. The van der Waals surface area contributed by atoms with Crippen molar-refractivity contribution in [2.24, 2.45) is 0 Å². The summed E-state index contributed by atoms with van der Waals surface area (Å²) in [6.45, 7) is 2.21. The Labute approximate surface area is 160 Å². The van der Waals surface area contributed by atoms with Crippen LogP contribution >= 0.6 is 11.9 Å². The molecular formula is C19H29N3O3S. The molecule has 0 atom stereocenters. The smallest absolute Gasteiger partial charge is 0.331 e. The number of ether oxygens (including phenoxy) is 1. The van der Waals surface area contributed by atoms with Gasteiger partial charge in [-0.3, -0.25) is 14.8 Å². The highest BCUT2D eigenvalue weighted by molar-refractivity contribution is 7.97. The first-order valence-electron chi connectivity index (χ1n) is 9.23. The van der Waals surface area contributed by atoms with Crippen LogP contribution in [0.1, 0.15) is 42.5 Å². The summed E-state index contributed by atoms with van der Waals surface area (Å²) in [5.74, 6) is 0.228. The van der Waals surface area contributed by atoms with Crippen LogP contribution in [0, 0.1) is 0 Å². The first kappa shape index (κ1) is 20.7. The number of benzene rings is 1. The van der Waals surface area contributed by atoms with Gasteiger partial charge in [-0.25, -0.2) is 4.79 Å². The van der Waals surface area contributed by atoms with Crippen molar-refractivity contribution in [3.05, 3.63) is 35.9 Å². The summed E-state index contributed by atoms with van der Waals surface area (Å²) >= 11 is 1.23. The molecule has 2 rings (SSSR count). The summed E-state index contributed by atoms with van der Waals surface area (Å²) in [7, 11) is 2.17. The van der Waals surface area contributed by atoms with Crippen LogP contribution in [0.15, 0.2) is 30.3 Å². The first-order valence-corrected chi connectivity index (χ1v) is 10.2. The Morgan fingerprint density at radius 2 is 1.88 bits per heavy atom. The Morgan fingerprint density at radius 3 is 2.62 bits per heavy atom. The monoisotopic (exact) mass is 379 g/mol. The normalized spacial score (nSPS) is 15.0. The summed E-state index contributed by atoms with van der Waals surface area (Å²) in [4.78, 5) is 25.9. The molecule has 144 valence electrons. The molecule has 0 heterocycles. The third-order valence-corrected chi connectivity index (χ3v) is 5.24. The Morgan fingerprint density at radius 1 is 1.15 bits per heavy atom. The number of urea groups is 1. The zero-order valence-electron chi connectivity index (χ0n) is 15.4. The fourth-order valence-electron chi connectivity index (χ4n) is 3.02. The van der Waals surface area contributed by atoms with Crippen LogP contribution in [0.4, 0.5) is 4.79 Å². The lowest BCUT2D eigenvalue weighted by atomic mass is 9.94. The maximum atomic E-state index is 11.8. The highest BCUT2D eigenvalue weighted by Crippen LogP contribution is 2.21. The van der Waals surface area contributed by atoms with E-state index in [9.17, 15) is 9.59 Å². The van der Waals surface area contributed by atoms with E-state index < -0.39 is 11.9 Å². The third-order valence-electron chi connectivity index (χ3n) is 4.54. The molecule has 2 N–H and O–H groups in total. The molecule has 1 aliphatic rings. The maximum absolute atomic E-state index is 11.8. The molecule has 0 aromatic heterocycles. The molecule has 1 aromatic carbocycles. The van der Waals surface area contributed by atoms with Crippen molar-refractivity contribution in [2.45, 2.75) is 38.1 Å². The zero-order valence-corrected chi connectivity index (χ0v) is 16.2. The molecule has 0 unspecified atom stereocenters. The summed E-state index contributed by atoms with van der Waals surface area (Å²) < 4.78 is 8.22. The lowest BCUT2D eigenvalue weighted by molar-refractivity contribution is 0.0965. The average Bonchev–Trinajstić information content (AvgIpc) is 2.68. The van der Waals surface area contributed by atoms with E-state index >= 15 is 0 Å². The minimum atomic E-state index is -0.513. The molecule has 0 spiro atoms. The van der Waals surface area contributed by atoms with E-state index in [2.05, 4.69) is 22.0 Å². The van der Waals surface area contributed by atoms with Crippen LogP contribution < -0.4 is 10.0 Å². The number of nitrogens with one attached hydrogen (secondary N) is 2. The van der Waals surface area contributed by atoms with Crippen LogP contribution in [-0.4, -0.2) is 55.4 Å². The summed E-state index contributed by atoms with van der Waals surface area (Å²) in [6, 6.07) is 8.84. The van der Waals surface area contributed by atoms with Crippen LogP contribution in [0.5, 0.6) is 0 Å². The van der Waals surface area contributed by atoms with Gasteiger partial charge in [0.1, 0.15) is 0 Å². The van der Waals surface area contributed by atoms with Crippen molar-refractivity contribution in [1.82, 2.24) is 14.9 Å². The van der Waals surface area contributed by atoms with Gasteiger partial charge in [0.2, 0.25) is 0 Å².